The molecule has 0 aromatic carbocycles. The fourth-order valence-corrected chi connectivity index (χ4v) is 13.5. The van der Waals surface area contributed by atoms with Gasteiger partial charge in [-0.15, -0.1) is 0 Å². The van der Waals surface area contributed by atoms with Crippen LogP contribution in [0.5, 0.6) is 0 Å². The van der Waals surface area contributed by atoms with Crippen LogP contribution in [0.1, 0.15) is 396 Å². The van der Waals surface area contributed by atoms with Crippen molar-refractivity contribution in [1.29, 1.82) is 0 Å². The average Bonchev–Trinajstić information content (AvgIpc) is 1.31. The molecule has 0 aromatic heterocycles. The van der Waals surface area contributed by atoms with Crippen molar-refractivity contribution in [3.05, 3.63) is 0 Å². The van der Waals surface area contributed by atoms with Gasteiger partial charge in [-0.05, 0) is 49.4 Å². The number of hydrogen-bond acceptors (Lipinski definition) is 15. The molecule has 0 saturated heterocycles. The minimum absolute atomic E-state index is 0.105. The maximum atomic E-state index is 13.1. The Morgan fingerprint density at radius 1 is 0.289 bits per heavy atom. The molecule has 576 valence electrons. The molecule has 0 aliphatic rings. The standard InChI is InChI=1S/C78H152O17P2/c1-9-71(8)57-49-41-32-26-21-23-29-35-45-53-61-78(83)95-74(65-89-76(81)59-51-43-37-36-40-48-56-70(6)7)67-93-97(86,87)91-63-72(79)62-90-96(84,85)92-66-73(94-77(82)60-52-44-34-28-22-20-25-31-39-47-55-69(4)5)64-88-75(80)58-50-42-33-27-19-17-15-13-11-10-12-14-16-18-24-30-38-46-54-68(2)3/h68-74,79H,9-67H2,1-8H3,(H,84,85)(H,86,87)/t71?,72-,73-,74-/m1/s1. The number of aliphatic hydroxyl groups excluding tert-OH is 1. The number of unbranched alkanes of at least 4 members (excludes halogenated alkanes) is 40. The summed E-state index contributed by atoms with van der Waals surface area (Å²) in [6, 6.07) is 0. The van der Waals surface area contributed by atoms with Crippen molar-refractivity contribution < 1.29 is 80.2 Å². The minimum atomic E-state index is -4.96. The quantitative estimate of drug-likeness (QED) is 0.0222. The van der Waals surface area contributed by atoms with E-state index < -0.39 is 97.5 Å². The van der Waals surface area contributed by atoms with Crippen molar-refractivity contribution in [3.63, 3.8) is 0 Å². The van der Waals surface area contributed by atoms with E-state index in [1.165, 1.54) is 193 Å². The highest BCUT2D eigenvalue weighted by Crippen LogP contribution is 2.45. The van der Waals surface area contributed by atoms with Crippen LogP contribution < -0.4 is 0 Å². The molecule has 97 heavy (non-hydrogen) atoms. The first-order valence-electron chi connectivity index (χ1n) is 40.2. The number of aliphatic hydroxyl groups is 1. The third-order valence-corrected chi connectivity index (χ3v) is 20.3. The minimum Gasteiger partial charge on any atom is -0.462 e. The first-order valence-corrected chi connectivity index (χ1v) is 43.2. The van der Waals surface area contributed by atoms with Gasteiger partial charge in [-0.3, -0.25) is 37.3 Å². The lowest BCUT2D eigenvalue weighted by Crippen LogP contribution is -2.30. The number of phosphoric ester groups is 2. The Morgan fingerprint density at radius 3 is 0.732 bits per heavy atom. The second-order valence-corrected chi connectivity index (χ2v) is 32.7. The monoisotopic (exact) mass is 1420 g/mol. The molecule has 0 bridgehead atoms. The summed E-state index contributed by atoms with van der Waals surface area (Å²) in [6.45, 7) is 14.2. The van der Waals surface area contributed by atoms with Crippen LogP contribution in [-0.2, 0) is 65.4 Å². The normalized spacial score (nSPS) is 14.4. The van der Waals surface area contributed by atoms with Gasteiger partial charge in [0, 0.05) is 25.7 Å². The third-order valence-electron chi connectivity index (χ3n) is 18.4. The SMILES string of the molecule is CCC(C)CCCCCCCCCCCCC(=O)O[C@H](COC(=O)CCCCCCCCC(C)C)COP(=O)(O)OC[C@H](O)COP(=O)(O)OC[C@@H](COC(=O)CCCCCCCCCCCCCCCCCCCCC(C)C)OC(=O)CCCCCCCCCCCCC(C)C. The molecule has 3 unspecified atom stereocenters. The fourth-order valence-electron chi connectivity index (χ4n) is 11.9. The van der Waals surface area contributed by atoms with Crippen LogP contribution in [-0.4, -0.2) is 96.7 Å². The van der Waals surface area contributed by atoms with Crippen LogP contribution >= 0.6 is 15.6 Å². The molecule has 17 nitrogen and oxygen atoms in total. The third kappa shape index (κ3) is 70.9. The molecule has 0 amide bonds. The van der Waals surface area contributed by atoms with E-state index in [-0.39, 0.29) is 25.7 Å². The van der Waals surface area contributed by atoms with Crippen molar-refractivity contribution >= 4 is 39.5 Å². The van der Waals surface area contributed by atoms with Gasteiger partial charge in [0.05, 0.1) is 26.4 Å². The lowest BCUT2D eigenvalue weighted by Gasteiger charge is -2.21. The largest absolute Gasteiger partial charge is 0.472 e. The summed E-state index contributed by atoms with van der Waals surface area (Å²) in [5.41, 5.74) is 0. The highest BCUT2D eigenvalue weighted by atomic mass is 31.2. The summed E-state index contributed by atoms with van der Waals surface area (Å²) < 4.78 is 68.5. The van der Waals surface area contributed by atoms with Crippen LogP contribution in [0, 0.1) is 23.7 Å². The molecule has 0 spiro atoms. The molecule has 0 radical (unpaired) electrons. The van der Waals surface area contributed by atoms with Crippen LogP contribution in [0.25, 0.3) is 0 Å². The first kappa shape index (κ1) is 95.1. The summed E-state index contributed by atoms with van der Waals surface area (Å²) in [5, 5.41) is 10.6. The Labute approximate surface area is 594 Å². The summed E-state index contributed by atoms with van der Waals surface area (Å²) in [4.78, 5) is 72.8. The van der Waals surface area contributed by atoms with Crippen molar-refractivity contribution in [1.82, 2.24) is 0 Å². The predicted molar refractivity (Wildman–Crippen MR) is 395 cm³/mol. The van der Waals surface area contributed by atoms with Gasteiger partial charge in [0.25, 0.3) is 0 Å². The van der Waals surface area contributed by atoms with E-state index in [1.807, 2.05) is 0 Å². The van der Waals surface area contributed by atoms with E-state index in [0.29, 0.717) is 31.6 Å². The van der Waals surface area contributed by atoms with Gasteiger partial charge in [-0.1, -0.05) is 344 Å². The molecule has 0 saturated carbocycles. The molecule has 3 N–H and O–H groups in total. The topological polar surface area (TPSA) is 237 Å². The molecule has 0 rings (SSSR count). The second kappa shape index (κ2) is 67.2. The molecular weight excluding hydrogens is 1270 g/mol. The highest BCUT2D eigenvalue weighted by Gasteiger charge is 2.30. The summed E-state index contributed by atoms with van der Waals surface area (Å²) in [6.07, 6.45) is 52.9. The maximum absolute atomic E-state index is 13.1. The summed E-state index contributed by atoms with van der Waals surface area (Å²) in [5.74, 6) is 0.936. The van der Waals surface area contributed by atoms with Crippen LogP contribution in [0.15, 0.2) is 0 Å². The van der Waals surface area contributed by atoms with E-state index in [4.69, 9.17) is 37.0 Å². The fraction of sp³-hybridized carbons (Fsp3) is 0.949. The molecule has 0 aromatic rings. The summed E-state index contributed by atoms with van der Waals surface area (Å²) in [7, 11) is -9.91. The van der Waals surface area contributed by atoms with Gasteiger partial charge in [-0.25, -0.2) is 9.13 Å². The number of phosphoric acid groups is 2. The van der Waals surface area contributed by atoms with Gasteiger partial charge in [0.15, 0.2) is 12.2 Å². The highest BCUT2D eigenvalue weighted by molar-refractivity contribution is 7.47. The van der Waals surface area contributed by atoms with Crippen molar-refractivity contribution in [2.24, 2.45) is 23.7 Å². The van der Waals surface area contributed by atoms with Crippen molar-refractivity contribution in [2.75, 3.05) is 39.6 Å². The Balaban J connectivity index is 5.18. The zero-order chi connectivity index (χ0) is 71.7. The van der Waals surface area contributed by atoms with Gasteiger partial charge < -0.3 is 33.8 Å². The zero-order valence-corrected chi connectivity index (χ0v) is 65.5. The van der Waals surface area contributed by atoms with Crippen molar-refractivity contribution in [2.45, 2.75) is 414 Å². The molecule has 0 aliphatic carbocycles. The molecule has 19 heteroatoms. The van der Waals surface area contributed by atoms with Gasteiger partial charge in [-0.2, -0.15) is 0 Å². The van der Waals surface area contributed by atoms with E-state index in [9.17, 15) is 43.2 Å². The average molecular weight is 1420 g/mol. The Morgan fingerprint density at radius 2 is 0.495 bits per heavy atom. The first-order chi connectivity index (χ1) is 46.6. The molecule has 0 aliphatic heterocycles. The summed E-state index contributed by atoms with van der Waals surface area (Å²) >= 11 is 0. The zero-order valence-electron chi connectivity index (χ0n) is 63.7. The number of rotatable bonds is 75. The number of esters is 4. The molecule has 0 fully saturated rings. The Hall–Kier alpha value is -1.94. The lowest BCUT2D eigenvalue weighted by molar-refractivity contribution is -0.161. The van der Waals surface area contributed by atoms with Gasteiger partial charge in [0.1, 0.15) is 19.3 Å². The van der Waals surface area contributed by atoms with Crippen LogP contribution in [0.3, 0.4) is 0 Å². The number of carbonyl (C=O) groups excluding carboxylic acids is 4. The number of ether oxygens (including phenoxy) is 4. The lowest BCUT2D eigenvalue weighted by atomic mass is 9.99. The van der Waals surface area contributed by atoms with E-state index in [2.05, 4.69) is 55.4 Å². The smallest absolute Gasteiger partial charge is 0.462 e. The van der Waals surface area contributed by atoms with Gasteiger partial charge in [0.2, 0.25) is 0 Å². The molecule has 0 heterocycles. The molecule has 6 atom stereocenters. The van der Waals surface area contributed by atoms with Crippen LogP contribution in [0.2, 0.25) is 0 Å². The van der Waals surface area contributed by atoms with E-state index in [1.54, 1.807) is 0 Å². The van der Waals surface area contributed by atoms with E-state index >= 15 is 0 Å². The second-order valence-electron chi connectivity index (χ2n) is 29.8. The van der Waals surface area contributed by atoms with E-state index in [0.717, 1.165) is 114 Å². The Kier molecular flexibility index (Phi) is 65.9. The van der Waals surface area contributed by atoms with Gasteiger partial charge >= 0.3 is 39.5 Å². The number of carbonyl (C=O) groups is 4. The number of hydrogen-bond donors (Lipinski definition) is 3. The van der Waals surface area contributed by atoms with Crippen LogP contribution in [0.4, 0.5) is 0 Å². The molecular formula is C78H152O17P2. The predicted octanol–water partition coefficient (Wildman–Crippen LogP) is 22.8. The maximum Gasteiger partial charge on any atom is 0.472 e. The van der Waals surface area contributed by atoms with Crippen molar-refractivity contribution in [3.8, 4) is 0 Å². The Bertz CT molecular complexity index is 1900.